The zero-order chi connectivity index (χ0) is 15.2. The highest BCUT2D eigenvalue weighted by Gasteiger charge is 2.04. The van der Waals surface area contributed by atoms with Gasteiger partial charge in [0, 0.05) is 5.56 Å². The van der Waals surface area contributed by atoms with Crippen LogP contribution in [0.25, 0.3) is 6.08 Å². The van der Waals surface area contributed by atoms with Gasteiger partial charge >= 0.3 is 5.97 Å². The van der Waals surface area contributed by atoms with Crippen molar-refractivity contribution in [2.45, 2.75) is 6.92 Å². The van der Waals surface area contributed by atoms with Crippen LogP contribution in [0.15, 0.2) is 54.6 Å². The Hall–Kier alpha value is -2.68. The summed E-state index contributed by atoms with van der Waals surface area (Å²) in [6.07, 6.45) is 3.26. The first kappa shape index (κ1) is 14.7. The number of hydrogen-bond donors (Lipinski definition) is 0. The molecule has 3 nitrogen and oxygen atoms in total. The van der Waals surface area contributed by atoms with Crippen LogP contribution < -0.4 is 0 Å². The monoisotopic (exact) mass is 280 g/mol. The van der Waals surface area contributed by atoms with Crippen molar-refractivity contribution in [3.05, 3.63) is 76.9 Å². The maximum atomic E-state index is 12.0. The Labute approximate surface area is 123 Å². The fraction of sp³-hybridized carbons (Fsp3) is 0.111. The molecule has 2 aromatic carbocycles. The molecule has 0 atom stereocenters. The minimum Gasteiger partial charge on any atom is -0.465 e. The molecule has 21 heavy (non-hydrogen) atoms. The van der Waals surface area contributed by atoms with Crippen LogP contribution in [-0.4, -0.2) is 18.9 Å². The summed E-state index contributed by atoms with van der Waals surface area (Å²) >= 11 is 0. The Morgan fingerprint density at radius 2 is 1.71 bits per heavy atom. The van der Waals surface area contributed by atoms with Crippen molar-refractivity contribution in [2.75, 3.05) is 7.11 Å². The predicted molar refractivity (Wildman–Crippen MR) is 82.3 cm³/mol. The maximum absolute atomic E-state index is 12.0. The Balaban J connectivity index is 2.10. The lowest BCUT2D eigenvalue weighted by molar-refractivity contribution is 0.0600. The zero-order valence-electron chi connectivity index (χ0n) is 12.0. The molecule has 0 unspecified atom stereocenters. The van der Waals surface area contributed by atoms with Crippen LogP contribution in [-0.2, 0) is 4.74 Å². The summed E-state index contributed by atoms with van der Waals surface area (Å²) in [6, 6.07) is 14.3. The third kappa shape index (κ3) is 3.89. The van der Waals surface area contributed by atoms with E-state index in [1.54, 1.807) is 36.4 Å². The van der Waals surface area contributed by atoms with Crippen LogP contribution in [0.2, 0.25) is 0 Å². The van der Waals surface area contributed by atoms with Gasteiger partial charge in [-0.05, 0) is 36.8 Å². The molecular formula is C18H16O3. The van der Waals surface area contributed by atoms with Crippen molar-refractivity contribution in [1.29, 1.82) is 0 Å². The molecule has 0 aromatic heterocycles. The van der Waals surface area contributed by atoms with Crippen molar-refractivity contribution in [3.63, 3.8) is 0 Å². The summed E-state index contributed by atoms with van der Waals surface area (Å²) < 4.78 is 4.63. The zero-order valence-corrected chi connectivity index (χ0v) is 12.0. The van der Waals surface area contributed by atoms with Crippen molar-refractivity contribution in [2.24, 2.45) is 0 Å². The Morgan fingerprint density at radius 1 is 1.00 bits per heavy atom. The van der Waals surface area contributed by atoms with Crippen LogP contribution in [0, 0.1) is 6.92 Å². The number of allylic oxidation sites excluding steroid dienone is 1. The molecule has 0 N–H and O–H groups in total. The summed E-state index contributed by atoms with van der Waals surface area (Å²) in [5.74, 6) is -0.419. The topological polar surface area (TPSA) is 43.4 Å². The van der Waals surface area contributed by atoms with Crippen LogP contribution in [0.3, 0.4) is 0 Å². The van der Waals surface area contributed by atoms with Gasteiger partial charge in [-0.15, -0.1) is 0 Å². The molecule has 2 rings (SSSR count). The Kier molecular flexibility index (Phi) is 4.67. The van der Waals surface area contributed by atoms with Gasteiger partial charge in [0.15, 0.2) is 5.78 Å². The predicted octanol–water partition coefficient (Wildman–Crippen LogP) is 3.68. The highest BCUT2D eigenvalue weighted by atomic mass is 16.5. The highest BCUT2D eigenvalue weighted by molar-refractivity contribution is 6.06. The van der Waals surface area contributed by atoms with Gasteiger partial charge in [0.05, 0.1) is 12.7 Å². The lowest BCUT2D eigenvalue weighted by Gasteiger charge is -2.00. The number of hydrogen-bond acceptors (Lipinski definition) is 3. The fourth-order valence-corrected chi connectivity index (χ4v) is 1.91. The van der Waals surface area contributed by atoms with Crippen molar-refractivity contribution in [1.82, 2.24) is 0 Å². The average molecular weight is 280 g/mol. The number of carbonyl (C=O) groups excluding carboxylic acids is 2. The molecule has 0 aliphatic rings. The molecule has 0 fully saturated rings. The number of esters is 1. The molecule has 0 radical (unpaired) electrons. The third-order valence-electron chi connectivity index (χ3n) is 3.06. The lowest BCUT2D eigenvalue weighted by Crippen LogP contribution is -2.00. The molecule has 0 heterocycles. The number of ether oxygens (including phenoxy) is 1. The number of carbonyl (C=O) groups is 2. The van der Waals surface area contributed by atoms with E-state index in [0.717, 1.165) is 11.1 Å². The standard InChI is InChI=1S/C18H16O3/c1-13-4-3-5-16(12-13)17(19)11-8-14-6-9-15(10-7-14)18(20)21-2/h3-12H,1-2H3/b11-8+. The first-order valence-corrected chi connectivity index (χ1v) is 6.57. The van der Waals surface area contributed by atoms with Crippen molar-refractivity contribution >= 4 is 17.8 Å². The van der Waals surface area contributed by atoms with Crippen molar-refractivity contribution < 1.29 is 14.3 Å². The molecule has 0 aliphatic heterocycles. The van der Waals surface area contributed by atoms with Gasteiger partial charge in [-0.2, -0.15) is 0 Å². The van der Waals surface area contributed by atoms with Gasteiger partial charge in [-0.3, -0.25) is 4.79 Å². The van der Waals surface area contributed by atoms with E-state index >= 15 is 0 Å². The first-order valence-electron chi connectivity index (χ1n) is 6.57. The number of ketones is 1. The minimum atomic E-state index is -0.374. The minimum absolute atomic E-state index is 0.0456. The van der Waals surface area contributed by atoms with E-state index in [1.165, 1.54) is 13.2 Å². The second kappa shape index (κ2) is 6.66. The maximum Gasteiger partial charge on any atom is 0.337 e. The quantitative estimate of drug-likeness (QED) is 0.487. The second-order valence-corrected chi connectivity index (χ2v) is 4.68. The van der Waals surface area contributed by atoms with E-state index < -0.39 is 0 Å². The molecule has 0 saturated carbocycles. The molecule has 0 bridgehead atoms. The average Bonchev–Trinajstić information content (AvgIpc) is 2.52. The summed E-state index contributed by atoms with van der Waals surface area (Å²) in [6.45, 7) is 1.95. The largest absolute Gasteiger partial charge is 0.465 e. The molecule has 3 heteroatoms. The first-order chi connectivity index (χ1) is 10.1. The van der Waals surface area contributed by atoms with Crippen LogP contribution in [0.4, 0.5) is 0 Å². The molecule has 0 aliphatic carbocycles. The Bertz CT molecular complexity index is 682. The van der Waals surface area contributed by atoms with Crippen molar-refractivity contribution in [3.8, 4) is 0 Å². The molecule has 0 saturated heterocycles. The van der Waals surface area contributed by atoms with E-state index in [4.69, 9.17) is 0 Å². The third-order valence-corrected chi connectivity index (χ3v) is 3.06. The van der Waals surface area contributed by atoms with E-state index in [1.807, 2.05) is 25.1 Å². The summed E-state index contributed by atoms with van der Waals surface area (Å²) in [7, 11) is 1.34. The lowest BCUT2D eigenvalue weighted by atomic mass is 10.1. The van der Waals surface area contributed by atoms with E-state index in [-0.39, 0.29) is 11.8 Å². The number of benzene rings is 2. The number of methoxy groups -OCH3 is 1. The number of rotatable bonds is 4. The van der Waals surface area contributed by atoms with Crippen LogP contribution in [0.1, 0.15) is 31.8 Å². The molecular weight excluding hydrogens is 264 g/mol. The fourth-order valence-electron chi connectivity index (χ4n) is 1.91. The Morgan fingerprint density at radius 3 is 2.33 bits per heavy atom. The van der Waals surface area contributed by atoms with E-state index in [9.17, 15) is 9.59 Å². The van der Waals surface area contributed by atoms with E-state index in [0.29, 0.717) is 11.1 Å². The number of aryl methyl sites for hydroxylation is 1. The SMILES string of the molecule is COC(=O)c1ccc(/C=C/C(=O)c2cccc(C)c2)cc1. The summed E-state index contributed by atoms with van der Waals surface area (Å²) in [5.41, 5.74) is 3.05. The van der Waals surface area contributed by atoms with Gasteiger partial charge in [0.1, 0.15) is 0 Å². The molecule has 2 aromatic rings. The van der Waals surface area contributed by atoms with Crippen LogP contribution in [0.5, 0.6) is 0 Å². The summed E-state index contributed by atoms with van der Waals surface area (Å²) in [5, 5.41) is 0. The van der Waals surface area contributed by atoms with Gasteiger partial charge < -0.3 is 4.74 Å². The smallest absolute Gasteiger partial charge is 0.337 e. The van der Waals surface area contributed by atoms with Crippen LogP contribution >= 0.6 is 0 Å². The molecule has 0 spiro atoms. The molecule has 0 amide bonds. The normalized spacial score (nSPS) is 10.6. The van der Waals surface area contributed by atoms with Gasteiger partial charge in [-0.1, -0.05) is 42.0 Å². The summed E-state index contributed by atoms with van der Waals surface area (Å²) in [4.78, 5) is 23.3. The highest BCUT2D eigenvalue weighted by Crippen LogP contribution is 2.10. The van der Waals surface area contributed by atoms with Gasteiger partial charge in [-0.25, -0.2) is 4.79 Å². The van der Waals surface area contributed by atoms with Gasteiger partial charge in [0.2, 0.25) is 0 Å². The van der Waals surface area contributed by atoms with Gasteiger partial charge in [0.25, 0.3) is 0 Å². The van der Waals surface area contributed by atoms with E-state index in [2.05, 4.69) is 4.74 Å². The second-order valence-electron chi connectivity index (χ2n) is 4.68. The molecule has 106 valence electrons.